The third-order valence-electron chi connectivity index (χ3n) is 6.76. The second kappa shape index (κ2) is 10.1. The van der Waals surface area contributed by atoms with Crippen LogP contribution in [0.25, 0.3) is 11.2 Å². The minimum absolute atomic E-state index is 0.0121. The summed E-state index contributed by atoms with van der Waals surface area (Å²) in [5, 5.41) is 0.214. The number of anilines is 1. The summed E-state index contributed by atoms with van der Waals surface area (Å²) in [6.45, 7) is 3.29. The van der Waals surface area contributed by atoms with Crippen LogP contribution in [-0.2, 0) is 32.3 Å². The van der Waals surface area contributed by atoms with Crippen LogP contribution in [0.5, 0.6) is 5.88 Å². The summed E-state index contributed by atoms with van der Waals surface area (Å²) >= 11 is 5.84. The molecular weight excluding hydrogens is 576 g/mol. The van der Waals surface area contributed by atoms with Crippen LogP contribution in [0, 0.1) is 5.82 Å². The molecule has 2 aromatic heterocycles. The topological polar surface area (TPSA) is 168 Å². The van der Waals surface area contributed by atoms with E-state index in [1.807, 2.05) is 0 Å². The minimum Gasteiger partial charge on any atom is -0.476 e. The second-order valence-electron chi connectivity index (χ2n) is 9.37. The van der Waals surface area contributed by atoms with E-state index in [-0.39, 0.29) is 54.3 Å². The summed E-state index contributed by atoms with van der Waals surface area (Å²) in [5.41, 5.74) is 5.18. The van der Waals surface area contributed by atoms with Crippen molar-refractivity contribution in [3.8, 4) is 5.88 Å². The Kier molecular flexibility index (Phi) is 6.84. The number of aromatic nitrogens is 4. The van der Waals surface area contributed by atoms with Gasteiger partial charge in [0.05, 0.1) is 25.9 Å². The SMILES string of the molecule is CCOc1nc(N)nc2ncn([C@@H]3O[C@H](CO[P@]4(=O)OCC[C@H](c5ccc(Cl)cc5F)O4)[C@H]4OC(=O)O[C@]43C)c12. The highest BCUT2D eigenvalue weighted by Crippen LogP contribution is 2.58. The molecule has 0 aliphatic carbocycles. The molecule has 1 aromatic carbocycles. The van der Waals surface area contributed by atoms with Crippen molar-refractivity contribution in [1.29, 1.82) is 0 Å². The Bertz CT molecular complexity index is 1530. The lowest BCUT2D eigenvalue weighted by molar-refractivity contribution is -0.0925. The third kappa shape index (κ3) is 4.66. The standard InChI is InChI=1S/C23H24ClFN5O9P/c1-3-33-19-16-18(28-21(26)29-19)27-10-30(16)20-23(2)17(37-22(31)38-23)15(36-20)9-35-40(32)34-7-6-14(39-40)12-5-4-11(24)8-13(12)25/h4-5,8,10,14-15,17,20H,3,6-7,9H2,1-2H3,(H2,26,28,29)/t14-,15-,17-,20-,23-,40+/m1/s1. The van der Waals surface area contributed by atoms with E-state index in [1.54, 1.807) is 18.4 Å². The number of nitrogen functional groups attached to an aromatic ring is 1. The lowest BCUT2D eigenvalue weighted by Crippen LogP contribution is -2.42. The summed E-state index contributed by atoms with van der Waals surface area (Å²) in [4.78, 5) is 24.8. The number of phosphoric ester groups is 1. The van der Waals surface area contributed by atoms with Crippen LogP contribution in [0.1, 0.15) is 38.2 Å². The van der Waals surface area contributed by atoms with Gasteiger partial charge in [0.15, 0.2) is 29.1 Å². The van der Waals surface area contributed by atoms with Crippen molar-refractivity contribution in [3.05, 3.63) is 40.9 Å². The first-order chi connectivity index (χ1) is 19.1. The number of phosphoric acid groups is 1. The molecule has 0 bridgehead atoms. The normalized spacial score (nSPS) is 31.6. The highest BCUT2D eigenvalue weighted by molar-refractivity contribution is 7.48. The van der Waals surface area contributed by atoms with Gasteiger partial charge in [0.1, 0.15) is 18.2 Å². The van der Waals surface area contributed by atoms with Crippen molar-refractivity contribution in [3.63, 3.8) is 0 Å². The first-order valence-electron chi connectivity index (χ1n) is 12.3. The number of benzene rings is 1. The Morgan fingerprint density at radius 3 is 2.95 bits per heavy atom. The maximum atomic E-state index is 14.5. The number of nitrogens with zero attached hydrogens (tertiary/aromatic N) is 4. The van der Waals surface area contributed by atoms with Crippen LogP contribution in [-0.4, -0.2) is 63.3 Å². The first kappa shape index (κ1) is 27.1. The highest BCUT2D eigenvalue weighted by Gasteiger charge is 2.64. The molecule has 0 saturated carbocycles. The van der Waals surface area contributed by atoms with Crippen molar-refractivity contribution in [2.45, 2.75) is 50.4 Å². The molecule has 6 atom stereocenters. The van der Waals surface area contributed by atoms with Gasteiger partial charge in [0.2, 0.25) is 11.8 Å². The van der Waals surface area contributed by atoms with Gasteiger partial charge in [-0.3, -0.25) is 18.1 Å². The van der Waals surface area contributed by atoms with Gasteiger partial charge in [-0.2, -0.15) is 9.97 Å². The maximum absolute atomic E-state index is 14.5. The van der Waals surface area contributed by atoms with Crippen molar-refractivity contribution < 1.29 is 46.3 Å². The Balaban J connectivity index is 1.25. The fraction of sp³-hybridized carbons (Fsp3) is 0.478. The molecule has 0 amide bonds. The number of halogens is 2. The van der Waals surface area contributed by atoms with Crippen molar-refractivity contribution >= 4 is 42.7 Å². The van der Waals surface area contributed by atoms with E-state index in [4.69, 9.17) is 49.9 Å². The third-order valence-corrected chi connectivity index (χ3v) is 8.47. The maximum Gasteiger partial charge on any atom is 0.509 e. The molecule has 40 heavy (non-hydrogen) atoms. The monoisotopic (exact) mass is 599 g/mol. The fourth-order valence-electron chi connectivity index (χ4n) is 5.02. The Morgan fingerprint density at radius 1 is 1.35 bits per heavy atom. The van der Waals surface area contributed by atoms with Crippen LogP contribution in [0.4, 0.5) is 15.1 Å². The second-order valence-corrected chi connectivity index (χ2v) is 11.4. The van der Waals surface area contributed by atoms with Gasteiger partial charge in [-0.05, 0) is 26.0 Å². The van der Waals surface area contributed by atoms with Crippen LogP contribution >= 0.6 is 19.4 Å². The predicted octanol–water partition coefficient (Wildman–Crippen LogP) is 4.09. The largest absolute Gasteiger partial charge is 0.509 e. The van der Waals surface area contributed by atoms with Crippen LogP contribution < -0.4 is 10.5 Å². The van der Waals surface area contributed by atoms with Gasteiger partial charge in [-0.1, -0.05) is 17.7 Å². The van der Waals surface area contributed by atoms with Crippen LogP contribution in [0.15, 0.2) is 24.5 Å². The van der Waals surface area contributed by atoms with Crippen molar-refractivity contribution in [1.82, 2.24) is 19.5 Å². The summed E-state index contributed by atoms with van der Waals surface area (Å²) in [6.07, 6.45) is -3.11. The molecule has 5 heterocycles. The molecule has 214 valence electrons. The highest BCUT2D eigenvalue weighted by atomic mass is 35.5. The van der Waals surface area contributed by atoms with Crippen molar-refractivity contribution in [2.24, 2.45) is 0 Å². The smallest absolute Gasteiger partial charge is 0.476 e. The molecule has 14 nitrogen and oxygen atoms in total. The average molecular weight is 600 g/mol. The summed E-state index contributed by atoms with van der Waals surface area (Å²) in [7, 11) is -4.17. The van der Waals surface area contributed by atoms with Gasteiger partial charge in [-0.25, -0.2) is 18.7 Å². The average Bonchev–Trinajstić information content (AvgIpc) is 3.52. The van der Waals surface area contributed by atoms with Crippen LogP contribution in [0.3, 0.4) is 0 Å². The van der Waals surface area contributed by atoms with E-state index in [9.17, 15) is 13.8 Å². The Hall–Kier alpha value is -3.07. The molecule has 3 fully saturated rings. The number of carbonyl (C=O) groups is 1. The summed E-state index contributed by atoms with van der Waals surface area (Å²) < 4.78 is 68.7. The molecule has 3 saturated heterocycles. The lowest BCUT2D eigenvalue weighted by atomic mass is 9.96. The number of rotatable bonds is 7. The Morgan fingerprint density at radius 2 is 2.17 bits per heavy atom. The molecule has 2 N–H and O–H groups in total. The van der Waals surface area contributed by atoms with Gasteiger partial charge < -0.3 is 24.7 Å². The number of imidazole rings is 1. The minimum atomic E-state index is -4.17. The van der Waals surface area contributed by atoms with E-state index in [0.717, 1.165) is 6.07 Å². The number of fused-ring (bicyclic) bond motifs is 2. The molecular formula is C23H24ClFN5O9P. The van der Waals surface area contributed by atoms with E-state index in [1.165, 1.54) is 18.5 Å². The molecule has 0 unspecified atom stereocenters. The number of carbonyl (C=O) groups excluding carboxylic acids is 1. The van der Waals surface area contributed by atoms with Gasteiger partial charge in [-0.15, -0.1) is 0 Å². The molecule has 0 spiro atoms. The quantitative estimate of drug-likeness (QED) is 0.305. The zero-order valence-electron chi connectivity index (χ0n) is 21.2. The van der Waals surface area contributed by atoms with E-state index in [2.05, 4.69) is 15.0 Å². The summed E-state index contributed by atoms with van der Waals surface area (Å²) in [6, 6.07) is 4.09. The number of hydrogen-bond donors (Lipinski definition) is 1. The van der Waals surface area contributed by atoms with Gasteiger partial charge in [0.25, 0.3) is 0 Å². The predicted molar refractivity (Wildman–Crippen MR) is 134 cm³/mol. The molecule has 3 aliphatic rings. The molecule has 3 aliphatic heterocycles. The first-order valence-corrected chi connectivity index (χ1v) is 14.1. The van der Waals surface area contributed by atoms with Gasteiger partial charge >= 0.3 is 14.0 Å². The van der Waals surface area contributed by atoms with E-state index in [0.29, 0.717) is 5.52 Å². The molecule has 0 radical (unpaired) electrons. The van der Waals surface area contributed by atoms with E-state index >= 15 is 0 Å². The fourth-order valence-corrected chi connectivity index (χ4v) is 6.57. The van der Waals surface area contributed by atoms with Gasteiger partial charge in [0, 0.05) is 17.0 Å². The van der Waals surface area contributed by atoms with Crippen molar-refractivity contribution in [2.75, 3.05) is 25.6 Å². The zero-order valence-corrected chi connectivity index (χ0v) is 22.8. The lowest BCUT2D eigenvalue weighted by Gasteiger charge is -2.30. The zero-order chi connectivity index (χ0) is 28.2. The number of ether oxygens (including phenoxy) is 4. The number of hydrogen-bond acceptors (Lipinski definition) is 13. The van der Waals surface area contributed by atoms with Crippen LogP contribution in [0.2, 0.25) is 5.02 Å². The number of nitrogens with two attached hydrogens (primary N) is 1. The summed E-state index contributed by atoms with van der Waals surface area (Å²) in [5.74, 6) is -0.484. The molecule has 3 aromatic rings. The molecule has 17 heteroatoms. The Labute approximate surface area is 231 Å². The van der Waals surface area contributed by atoms with E-state index < -0.39 is 49.9 Å². The molecule has 6 rings (SSSR count).